The quantitative estimate of drug-likeness (QED) is 0.451. The summed E-state index contributed by atoms with van der Waals surface area (Å²) in [5, 5.41) is 8.20. The van der Waals surface area contributed by atoms with Crippen LogP contribution in [0.15, 0.2) is 0 Å². The molecule has 0 aromatic heterocycles. The molecule has 0 saturated carbocycles. The lowest BCUT2D eigenvalue weighted by molar-refractivity contribution is -0.137. The van der Waals surface area contributed by atoms with E-state index in [1.54, 1.807) is 0 Å². The molecule has 0 aliphatic heterocycles. The lowest BCUT2D eigenvalue weighted by Crippen LogP contribution is -2.01. The van der Waals surface area contributed by atoms with Crippen LogP contribution in [0.1, 0.15) is 12.8 Å². The van der Waals surface area contributed by atoms with Gasteiger partial charge >= 0.3 is 5.97 Å². The number of thiol groups is 1. The predicted molar refractivity (Wildman–Crippen MR) is 41.5 cm³/mol. The average molecular weight is 164 g/mol. The van der Waals surface area contributed by atoms with Gasteiger partial charge in [-0.3, -0.25) is 4.79 Å². The summed E-state index contributed by atoms with van der Waals surface area (Å²) in [6, 6.07) is 0. The maximum absolute atomic E-state index is 9.96. The van der Waals surface area contributed by atoms with Crippen molar-refractivity contribution >= 4 is 18.6 Å². The number of carboxylic acid groups (broad SMARTS) is 1. The standard InChI is InChI=1S/C6H12O3S/c7-6(8)2-1-3-9-4-5-10/h10H,1-5H2,(H,7,8). The van der Waals surface area contributed by atoms with Crippen LogP contribution in [0.25, 0.3) is 0 Å². The maximum atomic E-state index is 9.96. The molecule has 60 valence electrons. The summed E-state index contributed by atoms with van der Waals surface area (Å²) in [5.74, 6) is -0.0814. The Hall–Kier alpha value is -0.220. The van der Waals surface area contributed by atoms with Gasteiger partial charge in [-0.05, 0) is 6.42 Å². The van der Waals surface area contributed by atoms with Crippen LogP contribution < -0.4 is 0 Å². The van der Waals surface area contributed by atoms with Gasteiger partial charge in [0.15, 0.2) is 0 Å². The first-order chi connectivity index (χ1) is 4.77. The first kappa shape index (κ1) is 9.78. The van der Waals surface area contributed by atoms with E-state index in [2.05, 4.69) is 12.6 Å². The zero-order valence-corrected chi connectivity index (χ0v) is 6.64. The fourth-order valence-corrected chi connectivity index (χ4v) is 0.621. The number of carbonyl (C=O) groups is 1. The normalized spacial score (nSPS) is 9.70. The SMILES string of the molecule is O=C(O)CCCOCCS. The van der Waals surface area contributed by atoms with Crippen molar-refractivity contribution in [3.8, 4) is 0 Å². The van der Waals surface area contributed by atoms with Crippen molar-refractivity contribution in [2.45, 2.75) is 12.8 Å². The Morgan fingerprint density at radius 2 is 2.20 bits per heavy atom. The van der Waals surface area contributed by atoms with E-state index in [9.17, 15) is 4.79 Å². The van der Waals surface area contributed by atoms with Gasteiger partial charge < -0.3 is 9.84 Å². The Bertz CT molecular complexity index is 95.0. The predicted octanol–water partition coefficient (Wildman–Crippen LogP) is 0.798. The van der Waals surface area contributed by atoms with Crippen LogP contribution in [-0.4, -0.2) is 30.0 Å². The van der Waals surface area contributed by atoms with Crippen molar-refractivity contribution in [1.82, 2.24) is 0 Å². The molecule has 3 nitrogen and oxygen atoms in total. The first-order valence-corrected chi connectivity index (χ1v) is 3.81. The highest BCUT2D eigenvalue weighted by atomic mass is 32.1. The minimum Gasteiger partial charge on any atom is -0.481 e. The number of rotatable bonds is 6. The van der Waals surface area contributed by atoms with Gasteiger partial charge in [0.2, 0.25) is 0 Å². The molecule has 0 spiro atoms. The Kier molecular flexibility index (Phi) is 6.74. The van der Waals surface area contributed by atoms with Crippen molar-refractivity contribution in [2.24, 2.45) is 0 Å². The minimum atomic E-state index is -0.769. The molecule has 0 rings (SSSR count). The van der Waals surface area contributed by atoms with Gasteiger partial charge in [0.1, 0.15) is 0 Å². The van der Waals surface area contributed by atoms with E-state index >= 15 is 0 Å². The number of aliphatic carboxylic acids is 1. The van der Waals surface area contributed by atoms with Crippen LogP contribution in [0.3, 0.4) is 0 Å². The zero-order valence-electron chi connectivity index (χ0n) is 5.75. The van der Waals surface area contributed by atoms with Crippen LogP contribution in [0.5, 0.6) is 0 Å². The molecule has 0 bridgehead atoms. The van der Waals surface area contributed by atoms with E-state index < -0.39 is 5.97 Å². The van der Waals surface area contributed by atoms with Crippen LogP contribution >= 0.6 is 12.6 Å². The third kappa shape index (κ3) is 7.78. The fourth-order valence-electron chi connectivity index (χ4n) is 0.492. The van der Waals surface area contributed by atoms with Crippen LogP contribution in [0.4, 0.5) is 0 Å². The lowest BCUT2D eigenvalue weighted by atomic mass is 10.3. The van der Waals surface area contributed by atoms with E-state index in [0.717, 1.165) is 0 Å². The Balaban J connectivity index is 2.84. The average Bonchev–Trinajstić information content (AvgIpc) is 1.87. The largest absolute Gasteiger partial charge is 0.481 e. The molecule has 1 N–H and O–H groups in total. The monoisotopic (exact) mass is 164 g/mol. The fraction of sp³-hybridized carbons (Fsp3) is 0.833. The first-order valence-electron chi connectivity index (χ1n) is 3.17. The molecule has 0 aliphatic carbocycles. The van der Waals surface area contributed by atoms with Crippen molar-refractivity contribution in [3.63, 3.8) is 0 Å². The van der Waals surface area contributed by atoms with E-state index in [-0.39, 0.29) is 6.42 Å². The van der Waals surface area contributed by atoms with Gasteiger partial charge in [-0.2, -0.15) is 12.6 Å². The molecular weight excluding hydrogens is 152 g/mol. The van der Waals surface area contributed by atoms with Crippen molar-refractivity contribution in [2.75, 3.05) is 19.0 Å². The molecule has 10 heavy (non-hydrogen) atoms. The number of carboxylic acids is 1. The van der Waals surface area contributed by atoms with Gasteiger partial charge in [0.05, 0.1) is 6.61 Å². The van der Waals surface area contributed by atoms with Crippen LogP contribution in [0, 0.1) is 0 Å². The molecule has 0 atom stereocenters. The molecule has 4 heteroatoms. The number of hydrogen-bond donors (Lipinski definition) is 2. The molecule has 0 aromatic carbocycles. The van der Waals surface area contributed by atoms with E-state index in [4.69, 9.17) is 9.84 Å². The summed E-state index contributed by atoms with van der Waals surface area (Å²) in [7, 11) is 0. The second-order valence-corrected chi connectivity index (χ2v) is 2.28. The summed E-state index contributed by atoms with van der Waals surface area (Å²) in [6.07, 6.45) is 0.773. The van der Waals surface area contributed by atoms with Crippen molar-refractivity contribution < 1.29 is 14.6 Å². The van der Waals surface area contributed by atoms with Gasteiger partial charge in [0, 0.05) is 18.8 Å². The molecule has 0 unspecified atom stereocenters. The molecule has 0 saturated heterocycles. The summed E-state index contributed by atoms with van der Waals surface area (Å²) >= 11 is 3.92. The van der Waals surface area contributed by atoms with Crippen molar-refractivity contribution in [3.05, 3.63) is 0 Å². The highest BCUT2D eigenvalue weighted by Gasteiger charge is 1.94. The van der Waals surface area contributed by atoms with Crippen molar-refractivity contribution in [1.29, 1.82) is 0 Å². The second-order valence-electron chi connectivity index (χ2n) is 1.83. The number of ether oxygens (including phenoxy) is 1. The molecule has 0 heterocycles. The van der Waals surface area contributed by atoms with E-state index in [0.29, 0.717) is 25.4 Å². The zero-order chi connectivity index (χ0) is 7.82. The number of hydrogen-bond acceptors (Lipinski definition) is 3. The lowest BCUT2D eigenvalue weighted by Gasteiger charge is -1.98. The highest BCUT2D eigenvalue weighted by Crippen LogP contribution is 1.89. The van der Waals surface area contributed by atoms with E-state index in [1.807, 2.05) is 0 Å². The summed E-state index contributed by atoms with van der Waals surface area (Å²) < 4.78 is 4.99. The van der Waals surface area contributed by atoms with Crippen LogP contribution in [-0.2, 0) is 9.53 Å². The summed E-state index contributed by atoms with van der Waals surface area (Å²) in [6.45, 7) is 1.12. The van der Waals surface area contributed by atoms with Gasteiger partial charge in [0.25, 0.3) is 0 Å². The topological polar surface area (TPSA) is 46.5 Å². The van der Waals surface area contributed by atoms with Gasteiger partial charge in [-0.1, -0.05) is 0 Å². The maximum Gasteiger partial charge on any atom is 0.303 e. The molecule has 0 fully saturated rings. The summed E-state index contributed by atoms with van der Waals surface area (Å²) in [4.78, 5) is 9.96. The minimum absolute atomic E-state index is 0.187. The third-order valence-electron chi connectivity index (χ3n) is 0.915. The molecule has 0 aliphatic rings. The second kappa shape index (κ2) is 6.89. The van der Waals surface area contributed by atoms with Crippen LogP contribution in [0.2, 0.25) is 0 Å². The Morgan fingerprint density at radius 3 is 2.70 bits per heavy atom. The van der Waals surface area contributed by atoms with Gasteiger partial charge in [-0.25, -0.2) is 0 Å². The Morgan fingerprint density at radius 1 is 1.50 bits per heavy atom. The highest BCUT2D eigenvalue weighted by molar-refractivity contribution is 7.80. The molecule has 0 radical (unpaired) electrons. The molecular formula is C6H12O3S. The molecule has 0 amide bonds. The Labute approximate surface area is 65.8 Å². The van der Waals surface area contributed by atoms with Gasteiger partial charge in [-0.15, -0.1) is 0 Å². The summed E-state index contributed by atoms with van der Waals surface area (Å²) in [5.41, 5.74) is 0. The smallest absolute Gasteiger partial charge is 0.303 e. The third-order valence-corrected chi connectivity index (χ3v) is 1.10. The molecule has 0 aromatic rings. The van der Waals surface area contributed by atoms with E-state index in [1.165, 1.54) is 0 Å².